The summed E-state index contributed by atoms with van der Waals surface area (Å²) in [6.07, 6.45) is 0. The van der Waals surface area contributed by atoms with Crippen molar-refractivity contribution in [3.63, 3.8) is 0 Å². The molecule has 3 aromatic rings. The monoisotopic (exact) mass is 333 g/mol. The Hall–Kier alpha value is -2.81. The number of benzene rings is 2. The van der Waals surface area contributed by atoms with Gasteiger partial charge in [-0.3, -0.25) is 4.72 Å². The summed E-state index contributed by atoms with van der Waals surface area (Å²) in [6.45, 7) is 0. The van der Waals surface area contributed by atoms with Crippen molar-refractivity contribution >= 4 is 15.7 Å². The Labute approximate surface area is 131 Å². The van der Waals surface area contributed by atoms with Gasteiger partial charge in [-0.25, -0.2) is 12.8 Å². The molecule has 23 heavy (non-hydrogen) atoms. The maximum absolute atomic E-state index is 12.9. The van der Waals surface area contributed by atoms with Crippen LogP contribution in [0, 0.1) is 5.82 Å². The van der Waals surface area contributed by atoms with Crippen molar-refractivity contribution < 1.29 is 12.8 Å². The first-order chi connectivity index (χ1) is 11.0. The second-order valence-corrected chi connectivity index (χ2v) is 6.53. The van der Waals surface area contributed by atoms with Crippen LogP contribution >= 0.6 is 0 Å². The van der Waals surface area contributed by atoms with E-state index < -0.39 is 15.8 Å². The average Bonchev–Trinajstić information content (AvgIpc) is 3.03. The highest BCUT2D eigenvalue weighted by Crippen LogP contribution is 2.20. The Kier molecular flexibility index (Phi) is 4.02. The maximum atomic E-state index is 12.9. The molecule has 0 unspecified atom stereocenters. The number of halogens is 1. The molecule has 7 nitrogen and oxygen atoms in total. The smallest absolute Gasteiger partial charge is 0.236 e. The van der Waals surface area contributed by atoms with Crippen molar-refractivity contribution in [2.24, 2.45) is 0 Å². The molecule has 2 N–H and O–H groups in total. The van der Waals surface area contributed by atoms with Crippen molar-refractivity contribution in [3.05, 3.63) is 59.9 Å². The fourth-order valence-corrected chi connectivity index (χ4v) is 3.21. The molecule has 0 spiro atoms. The topological polar surface area (TPSA) is 101 Å². The number of H-pyrrole nitrogens is 1. The Morgan fingerprint density at radius 3 is 2.61 bits per heavy atom. The molecule has 0 saturated carbocycles. The fourth-order valence-electron chi connectivity index (χ4n) is 2.02. The molecule has 0 atom stereocenters. The second kappa shape index (κ2) is 6.13. The number of tetrazole rings is 1. The van der Waals surface area contributed by atoms with Gasteiger partial charge in [0, 0.05) is 11.3 Å². The van der Waals surface area contributed by atoms with Crippen LogP contribution in [0.2, 0.25) is 0 Å². The molecule has 0 amide bonds. The molecule has 0 fully saturated rings. The van der Waals surface area contributed by atoms with E-state index >= 15 is 0 Å². The van der Waals surface area contributed by atoms with Crippen LogP contribution in [0.4, 0.5) is 10.1 Å². The summed E-state index contributed by atoms with van der Waals surface area (Å²) < 4.78 is 39.7. The van der Waals surface area contributed by atoms with Gasteiger partial charge in [0.05, 0.1) is 5.75 Å². The molecule has 0 aliphatic rings. The highest BCUT2D eigenvalue weighted by Gasteiger charge is 2.13. The normalized spacial score (nSPS) is 11.3. The lowest BCUT2D eigenvalue weighted by Crippen LogP contribution is -2.15. The summed E-state index contributed by atoms with van der Waals surface area (Å²) in [4.78, 5) is 0. The summed E-state index contributed by atoms with van der Waals surface area (Å²) in [7, 11) is -3.62. The zero-order chi connectivity index (χ0) is 16.3. The highest BCUT2D eigenvalue weighted by molar-refractivity contribution is 7.91. The van der Waals surface area contributed by atoms with Gasteiger partial charge < -0.3 is 0 Å². The standard InChI is InChI=1S/C14H12FN5O2S/c15-12-6-4-10(5-7-12)9-23(21,22)18-13-3-1-2-11(8-13)14-16-19-20-17-14/h1-8,18H,9H2,(H,16,17,19,20). The van der Waals surface area contributed by atoms with Crippen molar-refractivity contribution in [1.82, 2.24) is 20.6 Å². The van der Waals surface area contributed by atoms with Crippen LogP contribution in [-0.2, 0) is 15.8 Å². The summed E-state index contributed by atoms with van der Waals surface area (Å²) in [5, 5.41) is 13.5. The predicted molar refractivity (Wildman–Crippen MR) is 82.3 cm³/mol. The van der Waals surface area contributed by atoms with Crippen LogP contribution in [0.3, 0.4) is 0 Å². The van der Waals surface area contributed by atoms with E-state index in [1.54, 1.807) is 24.3 Å². The van der Waals surface area contributed by atoms with Gasteiger partial charge in [0.25, 0.3) is 0 Å². The molecule has 0 radical (unpaired) electrons. The van der Waals surface area contributed by atoms with E-state index in [0.717, 1.165) is 0 Å². The number of sulfonamides is 1. The van der Waals surface area contributed by atoms with Gasteiger partial charge in [-0.1, -0.05) is 24.3 Å². The molecule has 3 rings (SSSR count). The second-order valence-electron chi connectivity index (χ2n) is 4.80. The van der Waals surface area contributed by atoms with Crippen LogP contribution in [0.15, 0.2) is 48.5 Å². The van der Waals surface area contributed by atoms with Gasteiger partial charge in [-0.05, 0) is 35.0 Å². The zero-order valence-electron chi connectivity index (χ0n) is 11.8. The molecule has 0 aliphatic carbocycles. The van der Waals surface area contributed by atoms with Gasteiger partial charge in [-0.2, -0.15) is 5.21 Å². The molecule has 0 aliphatic heterocycles. The summed E-state index contributed by atoms with van der Waals surface area (Å²) in [5.41, 5.74) is 1.50. The SMILES string of the molecule is O=S(=O)(Cc1ccc(F)cc1)Nc1cccc(-c2nn[nH]n2)c1. The number of hydrogen-bond donors (Lipinski definition) is 2. The lowest BCUT2D eigenvalue weighted by atomic mass is 10.2. The first-order valence-corrected chi connectivity index (χ1v) is 8.26. The molecule has 9 heteroatoms. The number of aromatic amines is 1. The van der Waals surface area contributed by atoms with Crippen LogP contribution in [0.1, 0.15) is 5.56 Å². The van der Waals surface area contributed by atoms with E-state index in [9.17, 15) is 12.8 Å². The van der Waals surface area contributed by atoms with Gasteiger partial charge in [0.1, 0.15) is 5.82 Å². The Morgan fingerprint density at radius 1 is 1.13 bits per heavy atom. The minimum absolute atomic E-state index is 0.250. The van der Waals surface area contributed by atoms with Crippen LogP contribution in [-0.4, -0.2) is 29.0 Å². The van der Waals surface area contributed by atoms with E-state index in [1.807, 2.05) is 0 Å². The van der Waals surface area contributed by atoms with Crippen molar-refractivity contribution in [2.75, 3.05) is 4.72 Å². The lowest BCUT2D eigenvalue weighted by Gasteiger charge is -2.09. The minimum Gasteiger partial charge on any atom is -0.283 e. The third-order valence-electron chi connectivity index (χ3n) is 3.01. The van der Waals surface area contributed by atoms with Crippen molar-refractivity contribution in [2.45, 2.75) is 5.75 Å². The van der Waals surface area contributed by atoms with Crippen molar-refractivity contribution in [1.29, 1.82) is 0 Å². The zero-order valence-corrected chi connectivity index (χ0v) is 12.6. The number of nitrogens with zero attached hydrogens (tertiary/aromatic N) is 3. The Balaban J connectivity index is 1.78. The average molecular weight is 333 g/mol. The first kappa shape index (κ1) is 15.1. The summed E-state index contributed by atoms with van der Waals surface area (Å²) >= 11 is 0. The first-order valence-electron chi connectivity index (χ1n) is 6.61. The van der Waals surface area contributed by atoms with Gasteiger partial charge in [0.15, 0.2) is 0 Å². The highest BCUT2D eigenvalue weighted by atomic mass is 32.2. The van der Waals surface area contributed by atoms with Crippen molar-refractivity contribution in [3.8, 4) is 11.4 Å². The number of aromatic nitrogens is 4. The molecular formula is C14H12FN5O2S. The largest absolute Gasteiger partial charge is 0.283 e. The van der Waals surface area contributed by atoms with Crippen LogP contribution in [0.25, 0.3) is 11.4 Å². The quantitative estimate of drug-likeness (QED) is 0.743. The van der Waals surface area contributed by atoms with Gasteiger partial charge >= 0.3 is 0 Å². The molecule has 118 valence electrons. The maximum Gasteiger partial charge on any atom is 0.236 e. The molecule has 2 aromatic carbocycles. The van der Waals surface area contributed by atoms with Gasteiger partial charge in [-0.15, -0.1) is 10.2 Å². The summed E-state index contributed by atoms with van der Waals surface area (Å²) in [5.74, 6) is -0.295. The Bertz CT molecular complexity index is 895. The lowest BCUT2D eigenvalue weighted by molar-refractivity contribution is 0.600. The number of hydrogen-bond acceptors (Lipinski definition) is 5. The third-order valence-corrected chi connectivity index (χ3v) is 4.27. The number of rotatable bonds is 5. The molecule has 0 bridgehead atoms. The van der Waals surface area contributed by atoms with E-state index in [-0.39, 0.29) is 5.75 Å². The molecule has 1 heterocycles. The summed E-state index contributed by atoms with van der Waals surface area (Å²) in [6, 6.07) is 12.0. The molecular weight excluding hydrogens is 321 g/mol. The van der Waals surface area contributed by atoms with E-state index in [2.05, 4.69) is 25.3 Å². The van der Waals surface area contributed by atoms with E-state index in [4.69, 9.17) is 0 Å². The molecule has 0 saturated heterocycles. The number of nitrogens with one attached hydrogen (secondary N) is 2. The molecule has 1 aromatic heterocycles. The predicted octanol–water partition coefficient (Wildman–Crippen LogP) is 1.95. The third kappa shape index (κ3) is 3.89. The van der Waals surface area contributed by atoms with Crippen LogP contribution < -0.4 is 4.72 Å². The minimum atomic E-state index is -3.62. The van der Waals surface area contributed by atoms with Gasteiger partial charge in [0.2, 0.25) is 15.8 Å². The Morgan fingerprint density at radius 2 is 1.91 bits per heavy atom. The fraction of sp³-hybridized carbons (Fsp3) is 0.0714. The van der Waals surface area contributed by atoms with Crippen LogP contribution in [0.5, 0.6) is 0 Å². The van der Waals surface area contributed by atoms with E-state index in [1.165, 1.54) is 24.3 Å². The van der Waals surface area contributed by atoms with E-state index in [0.29, 0.717) is 22.6 Å². The number of anilines is 1.